The molecule has 2 rings (SSSR count). The van der Waals surface area contributed by atoms with E-state index < -0.39 is 5.97 Å². The zero-order chi connectivity index (χ0) is 12.1. The van der Waals surface area contributed by atoms with Crippen LogP contribution in [0, 0.1) is 5.92 Å². The number of carbonyl (C=O) groups is 1. The van der Waals surface area contributed by atoms with Gasteiger partial charge in [-0.2, -0.15) is 0 Å². The molecular weight excluding hydrogens is 214 g/mol. The van der Waals surface area contributed by atoms with Crippen molar-refractivity contribution in [2.75, 3.05) is 13.1 Å². The quantitative estimate of drug-likeness (QED) is 0.868. The molecular formula is C14H19NO2. The van der Waals surface area contributed by atoms with Crippen LogP contribution in [0.2, 0.25) is 0 Å². The molecule has 0 unspecified atom stereocenters. The van der Waals surface area contributed by atoms with Crippen molar-refractivity contribution in [1.29, 1.82) is 0 Å². The summed E-state index contributed by atoms with van der Waals surface area (Å²) >= 11 is 0. The second kappa shape index (κ2) is 5.82. The summed E-state index contributed by atoms with van der Waals surface area (Å²) in [5.41, 5.74) is 1.31. The van der Waals surface area contributed by atoms with E-state index in [2.05, 4.69) is 17.0 Å². The van der Waals surface area contributed by atoms with Gasteiger partial charge in [0, 0.05) is 19.5 Å². The monoisotopic (exact) mass is 233 g/mol. The third-order valence-electron chi connectivity index (χ3n) is 3.32. The van der Waals surface area contributed by atoms with Crippen LogP contribution in [0.25, 0.3) is 0 Å². The maximum atomic E-state index is 10.7. The Labute approximate surface area is 102 Å². The first-order valence-electron chi connectivity index (χ1n) is 6.22. The number of likely N-dealkylation sites (tertiary alicyclic amines) is 1. The molecule has 1 aromatic rings. The molecule has 0 bridgehead atoms. The van der Waals surface area contributed by atoms with E-state index in [9.17, 15) is 4.79 Å². The smallest absolute Gasteiger partial charge is 0.303 e. The van der Waals surface area contributed by atoms with Gasteiger partial charge in [-0.1, -0.05) is 30.3 Å². The van der Waals surface area contributed by atoms with Crippen molar-refractivity contribution in [2.24, 2.45) is 5.92 Å². The summed E-state index contributed by atoms with van der Waals surface area (Å²) in [7, 11) is 0. The third kappa shape index (κ3) is 3.86. The fraction of sp³-hybridized carbons (Fsp3) is 0.500. The molecule has 1 heterocycles. The van der Waals surface area contributed by atoms with E-state index in [1.807, 2.05) is 18.2 Å². The standard InChI is InChI=1S/C14H19NO2/c16-14(17)9-13-7-4-8-15(11-13)10-12-5-2-1-3-6-12/h1-3,5-6,13H,4,7-11H2,(H,16,17)/t13-/m1/s1. The summed E-state index contributed by atoms with van der Waals surface area (Å²) in [4.78, 5) is 13.1. The van der Waals surface area contributed by atoms with E-state index in [0.29, 0.717) is 12.3 Å². The Hall–Kier alpha value is -1.35. The van der Waals surface area contributed by atoms with Crippen LogP contribution in [0.3, 0.4) is 0 Å². The Bertz CT molecular complexity index is 364. The Balaban J connectivity index is 1.87. The lowest BCUT2D eigenvalue weighted by atomic mass is 9.94. The first kappa shape index (κ1) is 12.1. The molecule has 1 saturated heterocycles. The van der Waals surface area contributed by atoms with Gasteiger partial charge in [0.25, 0.3) is 0 Å². The molecule has 1 atom stereocenters. The van der Waals surface area contributed by atoms with Gasteiger partial charge in [-0.3, -0.25) is 9.69 Å². The van der Waals surface area contributed by atoms with Crippen molar-refractivity contribution in [3.63, 3.8) is 0 Å². The number of carboxylic acids is 1. The Morgan fingerprint density at radius 2 is 2.12 bits per heavy atom. The number of aliphatic carboxylic acids is 1. The highest BCUT2D eigenvalue weighted by Gasteiger charge is 2.21. The molecule has 1 N–H and O–H groups in total. The SMILES string of the molecule is O=C(O)C[C@H]1CCCN(Cc2ccccc2)C1. The molecule has 0 amide bonds. The molecule has 0 spiro atoms. The lowest BCUT2D eigenvalue weighted by Gasteiger charge is -2.32. The minimum Gasteiger partial charge on any atom is -0.481 e. The zero-order valence-electron chi connectivity index (χ0n) is 10.0. The van der Waals surface area contributed by atoms with E-state index in [0.717, 1.165) is 32.5 Å². The number of piperidine rings is 1. The number of rotatable bonds is 4. The van der Waals surface area contributed by atoms with Crippen LogP contribution in [0.4, 0.5) is 0 Å². The average molecular weight is 233 g/mol. The zero-order valence-corrected chi connectivity index (χ0v) is 10.0. The van der Waals surface area contributed by atoms with Gasteiger partial charge in [-0.25, -0.2) is 0 Å². The topological polar surface area (TPSA) is 40.5 Å². The van der Waals surface area contributed by atoms with Gasteiger partial charge in [-0.05, 0) is 30.9 Å². The molecule has 92 valence electrons. The van der Waals surface area contributed by atoms with E-state index in [-0.39, 0.29) is 0 Å². The highest BCUT2D eigenvalue weighted by atomic mass is 16.4. The van der Waals surface area contributed by atoms with E-state index in [1.54, 1.807) is 0 Å². The molecule has 3 heteroatoms. The van der Waals surface area contributed by atoms with Crippen LogP contribution in [0.1, 0.15) is 24.8 Å². The molecule has 1 aromatic carbocycles. The summed E-state index contributed by atoms with van der Waals surface area (Å²) < 4.78 is 0. The van der Waals surface area contributed by atoms with Gasteiger partial charge in [0.2, 0.25) is 0 Å². The molecule has 1 fully saturated rings. The van der Waals surface area contributed by atoms with Crippen LogP contribution in [0.15, 0.2) is 30.3 Å². The van der Waals surface area contributed by atoms with E-state index in [1.165, 1.54) is 5.56 Å². The normalized spacial score (nSPS) is 21.3. The van der Waals surface area contributed by atoms with Crippen LogP contribution in [-0.2, 0) is 11.3 Å². The average Bonchev–Trinajstić information content (AvgIpc) is 2.30. The first-order chi connectivity index (χ1) is 8.24. The van der Waals surface area contributed by atoms with Crippen molar-refractivity contribution in [1.82, 2.24) is 4.90 Å². The lowest BCUT2D eigenvalue weighted by Crippen LogP contribution is -2.35. The largest absolute Gasteiger partial charge is 0.481 e. The molecule has 0 aromatic heterocycles. The summed E-state index contributed by atoms with van der Waals surface area (Å²) in [6.45, 7) is 2.95. The Morgan fingerprint density at radius 1 is 1.35 bits per heavy atom. The van der Waals surface area contributed by atoms with Crippen molar-refractivity contribution < 1.29 is 9.90 Å². The molecule has 17 heavy (non-hydrogen) atoms. The van der Waals surface area contributed by atoms with Gasteiger partial charge >= 0.3 is 5.97 Å². The summed E-state index contributed by atoms with van der Waals surface area (Å²) in [5.74, 6) is -0.346. The second-order valence-electron chi connectivity index (χ2n) is 4.83. The predicted octanol–water partition coefficient (Wildman–Crippen LogP) is 2.37. The number of hydrogen-bond acceptors (Lipinski definition) is 2. The van der Waals surface area contributed by atoms with Gasteiger partial charge in [0.15, 0.2) is 0 Å². The maximum Gasteiger partial charge on any atom is 0.303 e. The maximum absolute atomic E-state index is 10.7. The number of hydrogen-bond donors (Lipinski definition) is 1. The number of benzene rings is 1. The highest BCUT2D eigenvalue weighted by Crippen LogP contribution is 2.21. The molecule has 1 aliphatic heterocycles. The van der Waals surface area contributed by atoms with Gasteiger partial charge < -0.3 is 5.11 Å². The second-order valence-corrected chi connectivity index (χ2v) is 4.83. The van der Waals surface area contributed by atoms with Crippen LogP contribution >= 0.6 is 0 Å². The van der Waals surface area contributed by atoms with Crippen molar-refractivity contribution in [2.45, 2.75) is 25.8 Å². The van der Waals surface area contributed by atoms with Crippen molar-refractivity contribution in [3.8, 4) is 0 Å². The van der Waals surface area contributed by atoms with Gasteiger partial charge in [0.05, 0.1) is 0 Å². The predicted molar refractivity (Wildman–Crippen MR) is 66.7 cm³/mol. The summed E-state index contributed by atoms with van der Waals surface area (Å²) in [6, 6.07) is 10.4. The molecule has 0 saturated carbocycles. The number of nitrogens with zero attached hydrogens (tertiary/aromatic N) is 1. The third-order valence-corrected chi connectivity index (χ3v) is 3.32. The summed E-state index contributed by atoms with van der Waals surface area (Å²) in [6.07, 6.45) is 2.48. The Morgan fingerprint density at radius 3 is 2.82 bits per heavy atom. The summed E-state index contributed by atoms with van der Waals surface area (Å²) in [5, 5.41) is 8.82. The fourth-order valence-electron chi connectivity index (χ4n) is 2.55. The lowest BCUT2D eigenvalue weighted by molar-refractivity contribution is -0.138. The molecule has 1 aliphatic rings. The Kier molecular flexibility index (Phi) is 4.15. The van der Waals surface area contributed by atoms with Crippen molar-refractivity contribution in [3.05, 3.63) is 35.9 Å². The first-order valence-corrected chi connectivity index (χ1v) is 6.22. The van der Waals surface area contributed by atoms with Crippen molar-refractivity contribution >= 4 is 5.97 Å². The highest BCUT2D eigenvalue weighted by molar-refractivity contribution is 5.67. The van der Waals surface area contributed by atoms with Crippen LogP contribution in [-0.4, -0.2) is 29.1 Å². The van der Waals surface area contributed by atoms with E-state index in [4.69, 9.17) is 5.11 Å². The van der Waals surface area contributed by atoms with Gasteiger partial charge in [0.1, 0.15) is 0 Å². The molecule has 0 aliphatic carbocycles. The minimum atomic E-state index is -0.670. The van der Waals surface area contributed by atoms with Crippen LogP contribution in [0.5, 0.6) is 0 Å². The minimum absolute atomic E-state index is 0.311. The fourth-order valence-corrected chi connectivity index (χ4v) is 2.55. The number of carboxylic acid groups (broad SMARTS) is 1. The van der Waals surface area contributed by atoms with Gasteiger partial charge in [-0.15, -0.1) is 0 Å². The van der Waals surface area contributed by atoms with Crippen LogP contribution < -0.4 is 0 Å². The van der Waals surface area contributed by atoms with E-state index >= 15 is 0 Å². The molecule has 0 radical (unpaired) electrons. The molecule has 3 nitrogen and oxygen atoms in total.